The van der Waals surface area contributed by atoms with Crippen molar-refractivity contribution in [2.75, 3.05) is 19.9 Å². The van der Waals surface area contributed by atoms with Crippen LogP contribution >= 0.6 is 0 Å². The summed E-state index contributed by atoms with van der Waals surface area (Å²) in [6.07, 6.45) is 2.40. The Hall–Kier alpha value is -1.22. The molecule has 0 N–H and O–H groups in total. The van der Waals surface area contributed by atoms with E-state index in [1.165, 1.54) is 18.4 Å². The van der Waals surface area contributed by atoms with Gasteiger partial charge >= 0.3 is 0 Å². The van der Waals surface area contributed by atoms with Crippen molar-refractivity contribution >= 4 is 0 Å². The van der Waals surface area contributed by atoms with Crippen molar-refractivity contribution in [1.82, 2.24) is 4.90 Å². The first-order valence-corrected chi connectivity index (χ1v) is 6.44. The van der Waals surface area contributed by atoms with Crippen LogP contribution in [0.5, 0.6) is 11.5 Å². The van der Waals surface area contributed by atoms with Crippen LogP contribution in [0.15, 0.2) is 18.2 Å². The quantitative estimate of drug-likeness (QED) is 0.756. The molecule has 0 spiro atoms. The van der Waals surface area contributed by atoms with Crippen molar-refractivity contribution in [3.8, 4) is 11.5 Å². The van der Waals surface area contributed by atoms with E-state index in [-0.39, 0.29) is 0 Å². The zero-order valence-corrected chi connectivity index (χ0v) is 10.7. The van der Waals surface area contributed by atoms with Crippen molar-refractivity contribution in [3.05, 3.63) is 23.8 Å². The van der Waals surface area contributed by atoms with Gasteiger partial charge in [0.15, 0.2) is 11.5 Å². The molecule has 2 rings (SSSR count). The lowest BCUT2D eigenvalue weighted by Crippen LogP contribution is -2.24. The van der Waals surface area contributed by atoms with Crippen molar-refractivity contribution in [2.45, 2.75) is 33.2 Å². The van der Waals surface area contributed by atoms with Crippen molar-refractivity contribution in [3.63, 3.8) is 0 Å². The molecule has 0 unspecified atom stereocenters. The maximum Gasteiger partial charge on any atom is 0.231 e. The predicted octanol–water partition coefficient (Wildman–Crippen LogP) is 3.04. The molecule has 1 aromatic rings. The van der Waals surface area contributed by atoms with Crippen molar-refractivity contribution in [1.29, 1.82) is 0 Å². The zero-order chi connectivity index (χ0) is 12.1. The Bertz CT molecular complexity index is 359. The van der Waals surface area contributed by atoms with Crippen molar-refractivity contribution < 1.29 is 9.47 Å². The van der Waals surface area contributed by atoms with E-state index in [2.05, 4.69) is 30.9 Å². The lowest BCUT2D eigenvalue weighted by Gasteiger charge is -2.21. The lowest BCUT2D eigenvalue weighted by molar-refractivity contribution is 0.174. The molecule has 0 saturated carbocycles. The van der Waals surface area contributed by atoms with Crippen LogP contribution in [0, 0.1) is 0 Å². The molecule has 1 heterocycles. The third kappa shape index (κ3) is 3.13. The minimum atomic E-state index is 0.354. The van der Waals surface area contributed by atoms with E-state index < -0.39 is 0 Å². The maximum absolute atomic E-state index is 5.40. The van der Waals surface area contributed by atoms with Crippen LogP contribution in [-0.4, -0.2) is 24.8 Å². The minimum Gasteiger partial charge on any atom is -0.454 e. The molecule has 0 aromatic heterocycles. The van der Waals surface area contributed by atoms with Crippen LogP contribution < -0.4 is 9.47 Å². The molecular formula is C14H21NO2. The summed E-state index contributed by atoms with van der Waals surface area (Å²) in [5.74, 6) is 1.75. The van der Waals surface area contributed by atoms with Crippen molar-refractivity contribution in [2.24, 2.45) is 0 Å². The van der Waals surface area contributed by atoms with E-state index in [1.54, 1.807) is 0 Å². The van der Waals surface area contributed by atoms with Gasteiger partial charge in [0.1, 0.15) is 0 Å². The summed E-state index contributed by atoms with van der Waals surface area (Å²) in [4.78, 5) is 2.48. The largest absolute Gasteiger partial charge is 0.454 e. The number of rotatable bonds is 6. The summed E-state index contributed by atoms with van der Waals surface area (Å²) < 4.78 is 10.7. The van der Waals surface area contributed by atoms with Gasteiger partial charge in [-0.3, -0.25) is 4.90 Å². The van der Waals surface area contributed by atoms with Crippen LogP contribution in [0.3, 0.4) is 0 Å². The summed E-state index contributed by atoms with van der Waals surface area (Å²) in [7, 11) is 0. The molecule has 1 aliphatic rings. The zero-order valence-electron chi connectivity index (χ0n) is 10.7. The molecule has 0 amide bonds. The average Bonchev–Trinajstić information content (AvgIpc) is 2.77. The van der Waals surface area contributed by atoms with Crippen LogP contribution in [0.25, 0.3) is 0 Å². The predicted molar refractivity (Wildman–Crippen MR) is 68.4 cm³/mol. The lowest BCUT2D eigenvalue weighted by atomic mass is 10.2. The second kappa shape index (κ2) is 5.92. The van der Waals surface area contributed by atoms with Gasteiger partial charge in [-0.05, 0) is 43.6 Å². The number of hydrogen-bond donors (Lipinski definition) is 0. The molecule has 94 valence electrons. The topological polar surface area (TPSA) is 21.7 Å². The van der Waals surface area contributed by atoms with Gasteiger partial charge in [-0.1, -0.05) is 19.9 Å². The van der Waals surface area contributed by atoms with E-state index in [0.29, 0.717) is 6.79 Å². The van der Waals surface area contributed by atoms with Gasteiger partial charge in [0.2, 0.25) is 6.79 Å². The van der Waals surface area contributed by atoms with E-state index >= 15 is 0 Å². The summed E-state index contributed by atoms with van der Waals surface area (Å²) in [6, 6.07) is 6.24. The molecule has 0 aliphatic carbocycles. The third-order valence-electron chi connectivity index (χ3n) is 2.92. The second-order valence-electron chi connectivity index (χ2n) is 4.46. The van der Waals surface area contributed by atoms with E-state index in [4.69, 9.17) is 9.47 Å². The number of benzene rings is 1. The fraction of sp³-hybridized carbons (Fsp3) is 0.571. The highest BCUT2D eigenvalue weighted by molar-refractivity contribution is 5.44. The normalized spacial score (nSPS) is 13.4. The Labute approximate surface area is 103 Å². The first-order valence-electron chi connectivity index (χ1n) is 6.44. The number of nitrogens with zero attached hydrogens (tertiary/aromatic N) is 1. The molecule has 1 aromatic carbocycles. The first kappa shape index (κ1) is 12.2. The third-order valence-corrected chi connectivity index (χ3v) is 2.92. The number of fused-ring (bicyclic) bond motifs is 1. The molecule has 0 saturated heterocycles. The summed E-state index contributed by atoms with van der Waals surface area (Å²) in [5.41, 5.74) is 1.30. The SMILES string of the molecule is CCCN(CCC)Cc1ccc2c(c1)OCO2. The molecule has 0 bridgehead atoms. The maximum atomic E-state index is 5.40. The highest BCUT2D eigenvalue weighted by atomic mass is 16.7. The molecule has 3 heteroatoms. The molecule has 0 radical (unpaired) electrons. The Morgan fingerprint density at radius 1 is 1.06 bits per heavy atom. The van der Waals surface area contributed by atoms with Gasteiger partial charge in [0.25, 0.3) is 0 Å². The van der Waals surface area contributed by atoms with Crippen LogP contribution in [0.2, 0.25) is 0 Å². The fourth-order valence-electron chi connectivity index (χ4n) is 2.20. The van der Waals surface area contributed by atoms with Gasteiger partial charge in [0, 0.05) is 6.54 Å². The molecule has 3 nitrogen and oxygen atoms in total. The molecule has 17 heavy (non-hydrogen) atoms. The Balaban J connectivity index is 2.01. The van der Waals surface area contributed by atoms with E-state index in [9.17, 15) is 0 Å². The Morgan fingerprint density at radius 2 is 1.76 bits per heavy atom. The van der Waals surface area contributed by atoms with Crippen LogP contribution in [0.4, 0.5) is 0 Å². The second-order valence-corrected chi connectivity index (χ2v) is 4.46. The summed E-state index contributed by atoms with van der Waals surface area (Å²) in [5, 5.41) is 0. The monoisotopic (exact) mass is 235 g/mol. The van der Waals surface area contributed by atoms with Crippen LogP contribution in [-0.2, 0) is 6.54 Å². The Kier molecular flexibility index (Phi) is 4.26. The summed E-state index contributed by atoms with van der Waals surface area (Å²) >= 11 is 0. The molecule has 0 atom stereocenters. The van der Waals surface area contributed by atoms with Gasteiger partial charge < -0.3 is 9.47 Å². The molecular weight excluding hydrogens is 214 g/mol. The van der Waals surface area contributed by atoms with Gasteiger partial charge in [-0.15, -0.1) is 0 Å². The first-order chi connectivity index (χ1) is 8.33. The van der Waals surface area contributed by atoms with Crippen LogP contribution in [0.1, 0.15) is 32.3 Å². The molecule has 1 aliphatic heterocycles. The molecule has 0 fully saturated rings. The average molecular weight is 235 g/mol. The van der Waals surface area contributed by atoms with Gasteiger partial charge in [0.05, 0.1) is 0 Å². The minimum absolute atomic E-state index is 0.354. The van der Waals surface area contributed by atoms with Gasteiger partial charge in [-0.25, -0.2) is 0 Å². The number of ether oxygens (including phenoxy) is 2. The standard InChI is InChI=1S/C14H21NO2/c1-3-7-15(8-4-2)10-12-5-6-13-14(9-12)17-11-16-13/h5-6,9H,3-4,7-8,10-11H2,1-2H3. The number of hydrogen-bond acceptors (Lipinski definition) is 3. The highest BCUT2D eigenvalue weighted by Gasteiger charge is 2.14. The van der Waals surface area contributed by atoms with E-state index in [1.807, 2.05) is 6.07 Å². The highest BCUT2D eigenvalue weighted by Crippen LogP contribution is 2.32. The fourth-order valence-corrected chi connectivity index (χ4v) is 2.20. The van der Waals surface area contributed by atoms with Gasteiger partial charge in [-0.2, -0.15) is 0 Å². The van der Waals surface area contributed by atoms with E-state index in [0.717, 1.165) is 31.1 Å². The summed E-state index contributed by atoms with van der Waals surface area (Å²) in [6.45, 7) is 8.11. The Morgan fingerprint density at radius 3 is 2.47 bits per heavy atom. The smallest absolute Gasteiger partial charge is 0.231 e.